The first kappa shape index (κ1) is 30.0. The molecule has 0 spiro atoms. The highest BCUT2D eigenvalue weighted by Crippen LogP contribution is 2.55. The van der Waals surface area contributed by atoms with E-state index in [2.05, 4.69) is 15.4 Å². The van der Waals surface area contributed by atoms with Gasteiger partial charge in [-0.3, -0.25) is 4.68 Å². The van der Waals surface area contributed by atoms with Crippen LogP contribution in [-0.4, -0.2) is 57.1 Å². The zero-order chi connectivity index (χ0) is 31.6. The van der Waals surface area contributed by atoms with Gasteiger partial charge in [-0.2, -0.15) is 22.6 Å². The zero-order valence-electron chi connectivity index (χ0n) is 24.5. The predicted molar refractivity (Wildman–Crippen MR) is 153 cm³/mol. The molecule has 0 unspecified atom stereocenters. The molecule has 2 aromatic carbocycles. The lowest BCUT2D eigenvalue weighted by atomic mass is 9.99. The molecule has 0 N–H and O–H groups in total. The van der Waals surface area contributed by atoms with E-state index in [4.69, 9.17) is 4.74 Å². The van der Waals surface area contributed by atoms with Crippen LogP contribution in [0.25, 0.3) is 5.69 Å². The number of carbonyl (C=O) groups is 1. The Labute approximate surface area is 252 Å². The molecule has 1 aliphatic heterocycles. The second-order valence-electron chi connectivity index (χ2n) is 11.6. The zero-order valence-corrected chi connectivity index (χ0v) is 25.3. The van der Waals surface area contributed by atoms with E-state index in [1.165, 1.54) is 23.7 Å². The summed E-state index contributed by atoms with van der Waals surface area (Å²) in [5.74, 6) is -0.700. The van der Waals surface area contributed by atoms with E-state index in [-0.39, 0.29) is 29.2 Å². The minimum Gasteiger partial charge on any atom is -0.465 e. The number of fused-ring (bicyclic) bond motifs is 1. The van der Waals surface area contributed by atoms with Crippen LogP contribution in [0.3, 0.4) is 0 Å². The summed E-state index contributed by atoms with van der Waals surface area (Å²) >= 11 is 0. The number of benzene rings is 2. The first-order valence-electron chi connectivity index (χ1n) is 14.1. The van der Waals surface area contributed by atoms with Crippen LogP contribution in [0, 0.1) is 5.92 Å². The highest BCUT2D eigenvalue weighted by Gasteiger charge is 2.46. The van der Waals surface area contributed by atoms with E-state index >= 15 is 0 Å². The summed E-state index contributed by atoms with van der Waals surface area (Å²) < 4.78 is 78.1. The highest BCUT2D eigenvalue weighted by atomic mass is 32.2. The monoisotopic (exact) mass is 628 g/mol. The van der Waals surface area contributed by atoms with Crippen LogP contribution < -0.4 is 0 Å². The Morgan fingerprint density at radius 2 is 1.91 bits per heavy atom. The number of aryl methyl sites for hydroxylation is 1. The number of alkyl halides is 3. The number of halogens is 3. The van der Waals surface area contributed by atoms with Gasteiger partial charge in [0.05, 0.1) is 40.8 Å². The normalized spacial score (nSPS) is 22.2. The number of ether oxygens (including phenoxy) is 1. The summed E-state index contributed by atoms with van der Waals surface area (Å²) in [6, 6.07) is 9.37. The van der Waals surface area contributed by atoms with Gasteiger partial charge in [-0.25, -0.2) is 17.9 Å². The minimum absolute atomic E-state index is 0.0371. The molecular weight excluding hydrogens is 597 g/mol. The van der Waals surface area contributed by atoms with Crippen molar-refractivity contribution in [3.05, 3.63) is 88.5 Å². The largest absolute Gasteiger partial charge is 0.465 e. The van der Waals surface area contributed by atoms with Crippen LogP contribution in [0.1, 0.15) is 76.6 Å². The topological polar surface area (TPSA) is 112 Å². The van der Waals surface area contributed by atoms with Crippen molar-refractivity contribution in [2.75, 3.05) is 13.7 Å². The molecule has 1 fully saturated rings. The third-order valence-corrected chi connectivity index (χ3v) is 10.4. The van der Waals surface area contributed by atoms with Gasteiger partial charge in [-0.15, -0.1) is 5.10 Å². The van der Waals surface area contributed by atoms with Crippen molar-refractivity contribution < 1.29 is 31.1 Å². The number of esters is 1. The fraction of sp³-hybridized carbons (Fsp3) is 0.400. The summed E-state index contributed by atoms with van der Waals surface area (Å²) in [6.45, 7) is 3.73. The number of nitrogens with zero attached hydrogens (tertiary/aromatic N) is 6. The molecule has 44 heavy (non-hydrogen) atoms. The molecule has 0 amide bonds. The molecule has 14 heteroatoms. The van der Waals surface area contributed by atoms with Gasteiger partial charge in [0, 0.05) is 37.7 Å². The standard InChI is InChI=1S/C30H31F3N6O4S/c1-17-10-20-8-9-21(30(31,32)33)12-27(20)44(41,42)38(15-17)18(2)19-6-5-7-22(11-19)39-28(25(14-34-39)29(40)43-4)24-13-23(24)26-16-37(3)36-35-26/h5-9,11-12,14,16-18,23-24H,10,13,15H2,1-4H3/t17-,18-,23+,24+/m0/s1. The summed E-state index contributed by atoms with van der Waals surface area (Å²) in [4.78, 5) is 12.4. The van der Waals surface area contributed by atoms with Gasteiger partial charge in [0.1, 0.15) is 5.56 Å². The van der Waals surface area contributed by atoms with E-state index in [0.717, 1.165) is 24.2 Å². The maximum absolute atomic E-state index is 13.9. The van der Waals surface area contributed by atoms with Gasteiger partial charge >= 0.3 is 12.1 Å². The molecule has 2 aromatic heterocycles. The van der Waals surface area contributed by atoms with Crippen molar-refractivity contribution in [3.8, 4) is 5.69 Å². The Hall–Kier alpha value is -4.04. The van der Waals surface area contributed by atoms with Crippen molar-refractivity contribution in [2.24, 2.45) is 13.0 Å². The molecule has 10 nitrogen and oxygen atoms in total. The maximum Gasteiger partial charge on any atom is 0.416 e. The Morgan fingerprint density at radius 3 is 2.59 bits per heavy atom. The first-order chi connectivity index (χ1) is 20.8. The van der Waals surface area contributed by atoms with Crippen LogP contribution in [0.4, 0.5) is 13.2 Å². The molecule has 4 atom stereocenters. The number of carbonyl (C=O) groups excluding carboxylic acids is 1. The molecule has 2 aliphatic rings. The minimum atomic E-state index is -4.68. The van der Waals surface area contributed by atoms with Crippen LogP contribution in [0.5, 0.6) is 0 Å². The Kier molecular flexibility index (Phi) is 7.39. The second kappa shape index (κ2) is 10.8. The lowest BCUT2D eigenvalue weighted by Gasteiger charge is -2.29. The molecule has 0 bridgehead atoms. The number of rotatable bonds is 6. The number of methoxy groups -OCH3 is 1. The van der Waals surface area contributed by atoms with E-state index in [0.29, 0.717) is 34.5 Å². The van der Waals surface area contributed by atoms with Gasteiger partial charge in [-0.1, -0.05) is 30.3 Å². The molecule has 1 aliphatic carbocycles. The van der Waals surface area contributed by atoms with Gasteiger partial charge in [0.25, 0.3) is 0 Å². The Bertz CT molecular complexity index is 1850. The molecule has 1 saturated carbocycles. The lowest BCUT2D eigenvalue weighted by molar-refractivity contribution is -0.137. The van der Waals surface area contributed by atoms with Gasteiger partial charge in [-0.05, 0) is 61.1 Å². The second-order valence-corrected chi connectivity index (χ2v) is 13.4. The average molecular weight is 629 g/mol. The SMILES string of the molecule is COC(=O)c1cnn(-c2cccc([C@H](C)N3C[C@@H](C)Cc4ccc(C(F)(F)F)cc4S3(=O)=O)c2)c1[C@@H]1C[C@H]1c1cn(C)nn1. The highest BCUT2D eigenvalue weighted by molar-refractivity contribution is 7.89. The third-order valence-electron chi connectivity index (χ3n) is 8.42. The average Bonchev–Trinajstić information content (AvgIpc) is 3.46. The fourth-order valence-electron chi connectivity index (χ4n) is 6.11. The fourth-order valence-corrected chi connectivity index (χ4v) is 8.11. The van der Waals surface area contributed by atoms with Gasteiger partial charge in [0.15, 0.2) is 0 Å². The smallest absolute Gasteiger partial charge is 0.416 e. The van der Waals surface area contributed by atoms with Gasteiger partial charge in [0.2, 0.25) is 10.0 Å². The van der Waals surface area contributed by atoms with Crippen molar-refractivity contribution in [1.82, 2.24) is 29.1 Å². The molecule has 0 saturated heterocycles. The molecule has 6 rings (SSSR count). The number of aromatic nitrogens is 5. The molecule has 4 aromatic rings. The molecule has 3 heterocycles. The van der Waals surface area contributed by atoms with Gasteiger partial charge < -0.3 is 4.74 Å². The summed E-state index contributed by atoms with van der Waals surface area (Å²) in [7, 11) is -1.20. The number of hydrogen-bond acceptors (Lipinski definition) is 7. The summed E-state index contributed by atoms with van der Waals surface area (Å²) in [5.41, 5.74) is 2.37. The van der Waals surface area contributed by atoms with Crippen molar-refractivity contribution in [3.63, 3.8) is 0 Å². The van der Waals surface area contributed by atoms with E-state index < -0.39 is 33.8 Å². The maximum atomic E-state index is 13.9. The number of sulfonamides is 1. The quantitative estimate of drug-likeness (QED) is 0.276. The third kappa shape index (κ3) is 5.30. The molecule has 0 radical (unpaired) electrons. The molecule has 232 valence electrons. The summed E-state index contributed by atoms with van der Waals surface area (Å²) in [6.07, 6.45) is -0.320. The van der Waals surface area contributed by atoms with E-state index in [9.17, 15) is 26.4 Å². The predicted octanol–water partition coefficient (Wildman–Crippen LogP) is 5.02. The summed E-state index contributed by atoms with van der Waals surface area (Å²) in [5, 5.41) is 12.8. The van der Waals surface area contributed by atoms with Crippen molar-refractivity contribution in [2.45, 2.75) is 55.6 Å². The van der Waals surface area contributed by atoms with Crippen molar-refractivity contribution in [1.29, 1.82) is 0 Å². The number of hydrogen-bond donors (Lipinski definition) is 0. The van der Waals surface area contributed by atoms with Crippen molar-refractivity contribution >= 4 is 16.0 Å². The van der Waals surface area contributed by atoms with Crippen LogP contribution in [0.2, 0.25) is 0 Å². The van der Waals surface area contributed by atoms with Crippen LogP contribution in [0.15, 0.2) is 59.8 Å². The van der Waals surface area contributed by atoms with E-state index in [1.54, 1.807) is 47.6 Å². The lowest BCUT2D eigenvalue weighted by Crippen LogP contribution is -2.35. The van der Waals surface area contributed by atoms with Crippen LogP contribution >= 0.6 is 0 Å². The molecular formula is C30H31F3N6O4S. The Balaban J connectivity index is 1.37. The Morgan fingerprint density at radius 1 is 1.14 bits per heavy atom. The van der Waals surface area contributed by atoms with Crippen LogP contribution in [-0.2, 0) is 34.4 Å². The van der Waals surface area contributed by atoms with E-state index in [1.807, 2.05) is 13.1 Å². The first-order valence-corrected chi connectivity index (χ1v) is 15.6.